The van der Waals surface area contributed by atoms with E-state index >= 15 is 0 Å². The number of pyridine rings is 1. The number of phenolic OH excluding ortho intramolecular Hbond substituents is 2. The standard InChI is InChI=1S/C32H27FN6O9S2/c33-20-10-9-19(26(41)27(20)42)32(30(45)46,23-15-49-31(34)37-23)48-35-13-24(40)36-21-14-39-25(29(43)44)18(16-50(47)28(21)39)7-4-12-38-11-3-6-17-5-1-2-8-22(17)38/h1-11,13,15,21,28H,12,14,16H2,(H6-,34,35,36,37,40,41,42,43,44,45,46)/p+1. The summed E-state index contributed by atoms with van der Waals surface area (Å²) in [7, 11) is -1.62. The first-order valence-electron chi connectivity index (χ1n) is 14.7. The highest BCUT2D eigenvalue weighted by atomic mass is 32.2. The number of nitrogens with zero attached hydrogens (tertiary/aromatic N) is 4. The summed E-state index contributed by atoms with van der Waals surface area (Å²) in [6.07, 6.45) is 5.92. The van der Waals surface area contributed by atoms with E-state index in [-0.39, 0.29) is 23.1 Å². The van der Waals surface area contributed by atoms with E-state index in [1.165, 1.54) is 10.3 Å². The zero-order chi connectivity index (χ0) is 35.7. The van der Waals surface area contributed by atoms with E-state index in [0.29, 0.717) is 24.4 Å². The second-order valence-electron chi connectivity index (χ2n) is 11.2. The second-order valence-corrected chi connectivity index (χ2v) is 13.6. The van der Waals surface area contributed by atoms with E-state index in [9.17, 15) is 43.4 Å². The van der Waals surface area contributed by atoms with Crippen LogP contribution in [0, 0.1) is 5.82 Å². The van der Waals surface area contributed by atoms with Crippen molar-refractivity contribution in [3.8, 4) is 11.5 Å². The Hall–Kier alpha value is -5.88. The monoisotopic (exact) mass is 723 g/mol. The highest BCUT2D eigenvalue weighted by Gasteiger charge is 2.52. The third kappa shape index (κ3) is 6.09. The Morgan fingerprint density at radius 1 is 1.18 bits per heavy atom. The number of para-hydroxylation sites is 1. The molecular weight excluding hydrogens is 696 g/mol. The number of carboxylic acids is 2. The Labute approximate surface area is 288 Å². The molecule has 0 saturated carbocycles. The molecule has 6 rings (SSSR count). The molecule has 4 heterocycles. The van der Waals surface area contributed by atoms with Gasteiger partial charge in [0.05, 0.1) is 28.2 Å². The summed E-state index contributed by atoms with van der Waals surface area (Å²) in [6.45, 7) is 0.447. The highest BCUT2D eigenvalue weighted by Crippen LogP contribution is 2.44. The van der Waals surface area contributed by atoms with Gasteiger partial charge in [-0.2, -0.15) is 4.57 Å². The molecule has 15 nitrogen and oxygen atoms in total. The number of anilines is 1. The lowest BCUT2D eigenvalue weighted by Gasteiger charge is -2.51. The Morgan fingerprint density at radius 3 is 2.66 bits per heavy atom. The summed E-state index contributed by atoms with van der Waals surface area (Å²) in [5.41, 5.74) is 3.17. The molecule has 2 aliphatic heterocycles. The first kappa shape index (κ1) is 34.0. The van der Waals surface area contributed by atoms with Crippen molar-refractivity contribution in [2.45, 2.75) is 23.6 Å². The van der Waals surface area contributed by atoms with Crippen molar-refractivity contribution in [3.05, 3.63) is 101 Å². The largest absolute Gasteiger partial charge is 0.504 e. The number of halogens is 1. The molecule has 4 atom stereocenters. The minimum atomic E-state index is -2.78. The quantitative estimate of drug-likeness (QED) is 0.0561. The Bertz CT molecular complexity index is 2150. The first-order valence-corrected chi connectivity index (χ1v) is 17.0. The van der Waals surface area contributed by atoms with Crippen LogP contribution in [0.4, 0.5) is 9.52 Å². The molecule has 2 aromatic heterocycles. The summed E-state index contributed by atoms with van der Waals surface area (Å²) >= 11 is 0.821. The van der Waals surface area contributed by atoms with Gasteiger partial charge in [0.25, 0.3) is 5.91 Å². The number of oxime groups is 1. The molecule has 0 spiro atoms. The molecule has 0 bridgehead atoms. The van der Waals surface area contributed by atoms with Crippen LogP contribution in [0.25, 0.3) is 10.9 Å². The van der Waals surface area contributed by atoms with Crippen LogP contribution in [0.3, 0.4) is 0 Å². The molecule has 2 aliphatic rings. The number of phenols is 2. The smallest absolute Gasteiger partial charge is 0.362 e. The van der Waals surface area contributed by atoms with Gasteiger partial charge in [-0.3, -0.25) is 9.00 Å². The lowest BCUT2D eigenvalue weighted by atomic mass is 9.89. The number of carboxylic acid groups (broad SMARTS) is 2. The molecule has 7 N–H and O–H groups in total. The SMILES string of the molecule is Nc1nc(C(ON=CC(=O)NC2CN3C(C(=O)O)=C(C=CC[n+]4cccc5ccccc54)CS(=O)C23)(C(=O)O)c2ccc(F)c(O)c2O)cs1. The van der Waals surface area contributed by atoms with E-state index in [4.69, 9.17) is 10.6 Å². The number of aromatic nitrogens is 2. The number of thiazole rings is 1. The maximum absolute atomic E-state index is 13.9. The predicted octanol–water partition coefficient (Wildman–Crippen LogP) is 1.53. The number of hydrogen-bond donors (Lipinski definition) is 6. The number of fused-ring (bicyclic) bond motifs is 2. The number of nitrogen functional groups attached to an aromatic ring is 1. The van der Waals surface area contributed by atoms with Gasteiger partial charge in [0.15, 0.2) is 35.2 Å². The normalized spacial score (nSPS) is 20.0. The molecule has 18 heteroatoms. The number of nitrogens with two attached hydrogens (primary N) is 1. The van der Waals surface area contributed by atoms with Gasteiger partial charge in [0.2, 0.25) is 5.52 Å². The van der Waals surface area contributed by atoms with Crippen LogP contribution >= 0.6 is 11.3 Å². The molecule has 4 unspecified atom stereocenters. The zero-order valence-electron chi connectivity index (χ0n) is 25.7. The number of carbonyl (C=O) groups excluding carboxylic acids is 1. The molecule has 0 aliphatic carbocycles. The van der Waals surface area contributed by atoms with E-state index in [2.05, 4.69) is 15.5 Å². The predicted molar refractivity (Wildman–Crippen MR) is 178 cm³/mol. The number of aromatic hydroxyl groups is 2. The van der Waals surface area contributed by atoms with Crippen molar-refractivity contribution in [2.75, 3.05) is 18.0 Å². The van der Waals surface area contributed by atoms with Gasteiger partial charge in [-0.1, -0.05) is 23.4 Å². The fourth-order valence-electron chi connectivity index (χ4n) is 5.87. The van der Waals surface area contributed by atoms with E-state index in [1.807, 2.05) is 47.2 Å². The van der Waals surface area contributed by atoms with E-state index in [0.717, 1.165) is 28.3 Å². The van der Waals surface area contributed by atoms with Gasteiger partial charge >= 0.3 is 17.5 Å². The first-order chi connectivity index (χ1) is 23.9. The highest BCUT2D eigenvalue weighted by molar-refractivity contribution is 7.86. The summed E-state index contributed by atoms with van der Waals surface area (Å²) in [6, 6.07) is 12.5. The molecule has 0 radical (unpaired) electrons. The van der Waals surface area contributed by atoms with Crippen molar-refractivity contribution in [2.24, 2.45) is 5.16 Å². The van der Waals surface area contributed by atoms with Crippen LogP contribution in [-0.2, 0) is 42.2 Å². The van der Waals surface area contributed by atoms with Crippen molar-refractivity contribution >= 4 is 62.2 Å². The maximum atomic E-state index is 13.9. The fourth-order valence-corrected chi connectivity index (χ4v) is 8.18. The fraction of sp³-hybridized carbons (Fsp3) is 0.188. The Balaban J connectivity index is 1.17. The number of aliphatic carboxylic acids is 2. The van der Waals surface area contributed by atoms with Crippen molar-refractivity contribution in [1.29, 1.82) is 0 Å². The maximum Gasteiger partial charge on any atom is 0.362 e. The third-order valence-electron chi connectivity index (χ3n) is 8.17. The van der Waals surface area contributed by atoms with E-state index < -0.39 is 74.2 Å². The van der Waals surface area contributed by atoms with Gasteiger partial charge < -0.3 is 41.2 Å². The van der Waals surface area contributed by atoms with Crippen molar-refractivity contribution < 1.29 is 52.8 Å². The van der Waals surface area contributed by atoms with Crippen LogP contribution < -0.4 is 15.6 Å². The number of allylic oxidation sites excluding steroid dienone is 2. The second kappa shape index (κ2) is 13.6. The number of rotatable bonds is 11. The molecule has 1 saturated heterocycles. The molecule has 1 amide bonds. The Kier molecular flexibility index (Phi) is 9.22. The molecule has 50 heavy (non-hydrogen) atoms. The summed E-state index contributed by atoms with van der Waals surface area (Å²) < 4.78 is 29.2. The molecule has 1 fully saturated rings. The van der Waals surface area contributed by atoms with E-state index in [1.54, 1.807) is 12.2 Å². The number of hydrogen-bond acceptors (Lipinski definition) is 12. The average Bonchev–Trinajstić information content (AvgIpc) is 3.51. The zero-order valence-corrected chi connectivity index (χ0v) is 27.3. The summed E-state index contributed by atoms with van der Waals surface area (Å²) in [4.78, 5) is 48.4. The van der Waals surface area contributed by atoms with Crippen molar-refractivity contribution in [3.63, 3.8) is 0 Å². The van der Waals surface area contributed by atoms with Gasteiger partial charge in [-0.15, -0.1) is 11.3 Å². The summed E-state index contributed by atoms with van der Waals surface area (Å²) in [5, 5.41) is 48.0. The van der Waals surface area contributed by atoms with Crippen LogP contribution in [-0.4, -0.2) is 82.3 Å². The minimum absolute atomic E-state index is 0.00772. The molecule has 258 valence electrons. The van der Waals surface area contributed by atoms with Gasteiger partial charge in [0, 0.05) is 29.4 Å². The molecular formula is C32H28FN6O9S2+. The van der Waals surface area contributed by atoms with Crippen LogP contribution in [0.2, 0.25) is 0 Å². The Morgan fingerprint density at radius 2 is 1.94 bits per heavy atom. The van der Waals surface area contributed by atoms with Gasteiger partial charge in [-0.25, -0.2) is 19.0 Å². The molecule has 2 aromatic carbocycles. The van der Waals surface area contributed by atoms with Gasteiger partial charge in [-0.05, 0) is 35.9 Å². The minimum Gasteiger partial charge on any atom is -0.504 e. The number of carbonyl (C=O) groups is 3. The number of benzene rings is 2. The number of amides is 1. The van der Waals surface area contributed by atoms with Crippen LogP contribution in [0.15, 0.2) is 88.7 Å². The van der Waals surface area contributed by atoms with Crippen LogP contribution in [0.5, 0.6) is 11.5 Å². The third-order valence-corrected chi connectivity index (χ3v) is 10.6. The van der Waals surface area contributed by atoms with Crippen molar-refractivity contribution in [1.82, 2.24) is 15.2 Å². The topological polar surface area (TPSA) is 229 Å². The molecule has 4 aromatic rings. The van der Waals surface area contributed by atoms with Crippen LogP contribution in [0.1, 0.15) is 11.3 Å². The lowest BCUT2D eigenvalue weighted by Crippen LogP contribution is -2.70. The van der Waals surface area contributed by atoms with Gasteiger partial charge in [0.1, 0.15) is 23.0 Å². The lowest BCUT2D eigenvalue weighted by molar-refractivity contribution is -0.661. The number of nitrogens with one attached hydrogen (secondary N) is 1. The summed E-state index contributed by atoms with van der Waals surface area (Å²) in [5.74, 6) is -7.67. The average molecular weight is 724 g/mol.